The summed E-state index contributed by atoms with van der Waals surface area (Å²) in [5, 5.41) is 11.4. The Morgan fingerprint density at radius 3 is 2.96 bits per heavy atom. The highest BCUT2D eigenvalue weighted by Gasteiger charge is 2.23. The number of benzene rings is 1. The van der Waals surface area contributed by atoms with Crippen molar-refractivity contribution in [3.05, 3.63) is 35.4 Å². The standard InChI is InChI=1S/C17H20N4O3/c1-11-19-20-16-6-4-13(10-21(11)16)18-17(22)12-3-5-14-15(9-12)24-8-2-7-23-14/h3,5,9,13H,2,4,6-8,10H2,1H3,(H,18,22)/t13-/m0/s1. The second-order valence-electron chi connectivity index (χ2n) is 6.20. The fourth-order valence-corrected chi connectivity index (χ4v) is 3.15. The van der Waals surface area contributed by atoms with Crippen LogP contribution in [-0.2, 0) is 13.0 Å². The van der Waals surface area contributed by atoms with E-state index in [0.29, 0.717) is 36.8 Å². The summed E-state index contributed by atoms with van der Waals surface area (Å²) in [4.78, 5) is 12.6. The third kappa shape index (κ3) is 2.81. The molecule has 1 atom stereocenters. The number of nitrogens with zero attached hydrogens (tertiary/aromatic N) is 3. The van der Waals surface area contributed by atoms with Crippen LogP contribution >= 0.6 is 0 Å². The number of carbonyl (C=O) groups excluding carboxylic acids is 1. The molecular formula is C17H20N4O3. The fourth-order valence-electron chi connectivity index (χ4n) is 3.15. The second kappa shape index (κ2) is 6.14. The molecule has 0 saturated heterocycles. The summed E-state index contributed by atoms with van der Waals surface area (Å²) in [7, 11) is 0. The molecular weight excluding hydrogens is 308 g/mol. The van der Waals surface area contributed by atoms with Crippen molar-refractivity contribution in [1.82, 2.24) is 20.1 Å². The van der Waals surface area contributed by atoms with Gasteiger partial charge in [0.1, 0.15) is 11.6 Å². The van der Waals surface area contributed by atoms with Gasteiger partial charge in [0.05, 0.1) is 13.2 Å². The number of hydrogen-bond acceptors (Lipinski definition) is 5. The van der Waals surface area contributed by atoms with Crippen LogP contribution in [0.5, 0.6) is 11.5 Å². The molecule has 2 aromatic rings. The number of aromatic nitrogens is 3. The van der Waals surface area contributed by atoms with E-state index in [4.69, 9.17) is 9.47 Å². The maximum atomic E-state index is 12.6. The molecule has 1 N–H and O–H groups in total. The highest BCUT2D eigenvalue weighted by Crippen LogP contribution is 2.30. The summed E-state index contributed by atoms with van der Waals surface area (Å²) in [6.07, 6.45) is 2.54. The van der Waals surface area contributed by atoms with E-state index in [9.17, 15) is 4.79 Å². The highest BCUT2D eigenvalue weighted by molar-refractivity contribution is 5.95. The van der Waals surface area contributed by atoms with Crippen LogP contribution in [0, 0.1) is 6.92 Å². The third-order valence-corrected chi connectivity index (χ3v) is 4.48. The van der Waals surface area contributed by atoms with Gasteiger partial charge in [0.15, 0.2) is 11.5 Å². The van der Waals surface area contributed by atoms with E-state index in [-0.39, 0.29) is 11.9 Å². The zero-order chi connectivity index (χ0) is 16.5. The smallest absolute Gasteiger partial charge is 0.251 e. The molecule has 1 aromatic carbocycles. The number of hydrogen-bond donors (Lipinski definition) is 1. The normalized spacial score (nSPS) is 19.3. The number of nitrogens with one attached hydrogen (secondary N) is 1. The van der Waals surface area contributed by atoms with Gasteiger partial charge in [0.2, 0.25) is 0 Å². The first-order chi connectivity index (χ1) is 11.7. The van der Waals surface area contributed by atoms with Gasteiger partial charge in [0.25, 0.3) is 5.91 Å². The van der Waals surface area contributed by atoms with Crippen LogP contribution in [0.25, 0.3) is 0 Å². The van der Waals surface area contributed by atoms with Crippen molar-refractivity contribution in [3.63, 3.8) is 0 Å². The van der Waals surface area contributed by atoms with Gasteiger partial charge in [-0.1, -0.05) is 0 Å². The van der Waals surface area contributed by atoms with E-state index in [1.54, 1.807) is 18.2 Å². The van der Waals surface area contributed by atoms with Crippen LogP contribution in [0.3, 0.4) is 0 Å². The summed E-state index contributed by atoms with van der Waals surface area (Å²) in [6, 6.07) is 5.42. The zero-order valence-electron chi connectivity index (χ0n) is 13.6. The van der Waals surface area contributed by atoms with Crippen LogP contribution in [0.1, 0.15) is 34.8 Å². The predicted molar refractivity (Wildman–Crippen MR) is 86.4 cm³/mol. The second-order valence-corrected chi connectivity index (χ2v) is 6.20. The number of fused-ring (bicyclic) bond motifs is 2. The molecule has 2 aliphatic heterocycles. The van der Waals surface area contributed by atoms with Gasteiger partial charge in [-0.15, -0.1) is 10.2 Å². The summed E-state index contributed by atoms with van der Waals surface area (Å²) in [5.41, 5.74) is 0.588. The molecule has 0 bridgehead atoms. The topological polar surface area (TPSA) is 78.3 Å². The summed E-state index contributed by atoms with van der Waals surface area (Å²) in [5.74, 6) is 3.13. The molecule has 4 rings (SSSR count). The fraction of sp³-hybridized carbons (Fsp3) is 0.471. The maximum Gasteiger partial charge on any atom is 0.251 e. The predicted octanol–water partition coefficient (Wildman–Crippen LogP) is 1.49. The van der Waals surface area contributed by atoms with E-state index in [1.165, 1.54) is 0 Å². The monoisotopic (exact) mass is 328 g/mol. The molecule has 1 aromatic heterocycles. The van der Waals surface area contributed by atoms with Gasteiger partial charge in [-0.05, 0) is 31.5 Å². The van der Waals surface area contributed by atoms with Gasteiger partial charge in [-0.2, -0.15) is 0 Å². The Hall–Kier alpha value is -2.57. The first-order valence-electron chi connectivity index (χ1n) is 8.30. The van der Waals surface area contributed by atoms with Crippen LogP contribution in [0.4, 0.5) is 0 Å². The Morgan fingerprint density at radius 2 is 2.08 bits per heavy atom. The lowest BCUT2D eigenvalue weighted by atomic mass is 10.1. The van der Waals surface area contributed by atoms with E-state index in [1.807, 2.05) is 6.92 Å². The molecule has 0 saturated carbocycles. The number of aryl methyl sites for hydroxylation is 2. The minimum absolute atomic E-state index is 0.0793. The van der Waals surface area contributed by atoms with E-state index >= 15 is 0 Å². The summed E-state index contributed by atoms with van der Waals surface area (Å²) < 4.78 is 13.3. The zero-order valence-corrected chi connectivity index (χ0v) is 13.6. The first kappa shape index (κ1) is 15.0. The highest BCUT2D eigenvalue weighted by atomic mass is 16.5. The largest absolute Gasteiger partial charge is 0.490 e. The Morgan fingerprint density at radius 1 is 1.25 bits per heavy atom. The quantitative estimate of drug-likeness (QED) is 0.904. The van der Waals surface area contributed by atoms with Gasteiger partial charge in [-0.25, -0.2) is 0 Å². The lowest BCUT2D eigenvalue weighted by molar-refractivity contribution is 0.0927. The lowest BCUT2D eigenvalue weighted by Crippen LogP contribution is -2.41. The SMILES string of the molecule is Cc1nnc2n1C[C@@H](NC(=O)c1ccc3c(c1)OCCCO3)CC2. The molecule has 0 unspecified atom stereocenters. The van der Waals surface area contributed by atoms with Crippen LogP contribution in [0.2, 0.25) is 0 Å². The molecule has 126 valence electrons. The van der Waals surface area contributed by atoms with Crippen molar-refractivity contribution < 1.29 is 14.3 Å². The molecule has 0 spiro atoms. The Bertz CT molecular complexity index is 771. The van der Waals surface area contributed by atoms with Gasteiger partial charge >= 0.3 is 0 Å². The molecule has 0 radical (unpaired) electrons. The lowest BCUT2D eigenvalue weighted by Gasteiger charge is -2.25. The van der Waals surface area contributed by atoms with Crippen molar-refractivity contribution in [2.24, 2.45) is 0 Å². The molecule has 2 aliphatic rings. The van der Waals surface area contributed by atoms with Crippen molar-refractivity contribution in [2.75, 3.05) is 13.2 Å². The van der Waals surface area contributed by atoms with E-state index in [0.717, 1.165) is 30.9 Å². The Kier molecular flexibility index (Phi) is 3.84. The van der Waals surface area contributed by atoms with Gasteiger partial charge < -0.3 is 19.4 Å². The average molecular weight is 328 g/mol. The molecule has 0 aliphatic carbocycles. The van der Waals surface area contributed by atoms with E-state index in [2.05, 4.69) is 20.1 Å². The Balaban J connectivity index is 1.47. The van der Waals surface area contributed by atoms with Crippen LogP contribution in [0.15, 0.2) is 18.2 Å². The molecule has 0 fully saturated rings. The number of amides is 1. The minimum Gasteiger partial charge on any atom is -0.490 e. The van der Waals surface area contributed by atoms with Crippen molar-refractivity contribution >= 4 is 5.91 Å². The Labute approximate surface area is 140 Å². The number of rotatable bonds is 2. The number of carbonyl (C=O) groups is 1. The third-order valence-electron chi connectivity index (χ3n) is 4.48. The summed E-state index contributed by atoms with van der Waals surface area (Å²) in [6.45, 7) is 3.90. The molecule has 1 amide bonds. The van der Waals surface area contributed by atoms with Crippen LogP contribution < -0.4 is 14.8 Å². The van der Waals surface area contributed by atoms with Crippen molar-refractivity contribution in [2.45, 2.75) is 38.8 Å². The van der Waals surface area contributed by atoms with Gasteiger partial charge in [0, 0.05) is 31.0 Å². The minimum atomic E-state index is -0.0928. The maximum absolute atomic E-state index is 12.6. The summed E-state index contributed by atoms with van der Waals surface area (Å²) >= 11 is 0. The molecule has 7 nitrogen and oxygen atoms in total. The molecule has 7 heteroatoms. The first-order valence-corrected chi connectivity index (χ1v) is 8.30. The van der Waals surface area contributed by atoms with Crippen molar-refractivity contribution in [3.8, 4) is 11.5 Å². The number of ether oxygens (including phenoxy) is 2. The molecule has 3 heterocycles. The molecule has 24 heavy (non-hydrogen) atoms. The van der Waals surface area contributed by atoms with Crippen molar-refractivity contribution in [1.29, 1.82) is 0 Å². The van der Waals surface area contributed by atoms with E-state index < -0.39 is 0 Å². The van der Waals surface area contributed by atoms with Gasteiger partial charge in [-0.3, -0.25) is 4.79 Å². The average Bonchev–Trinajstić information content (AvgIpc) is 2.82. The van der Waals surface area contributed by atoms with Crippen LogP contribution in [-0.4, -0.2) is 39.9 Å².